The van der Waals surface area contributed by atoms with Gasteiger partial charge in [-0.05, 0) is 55.6 Å². The van der Waals surface area contributed by atoms with Crippen LogP contribution < -0.4 is 15.8 Å². The molecule has 4 heteroatoms. The lowest BCUT2D eigenvalue weighted by Crippen LogP contribution is -2.31. The highest BCUT2D eigenvalue weighted by molar-refractivity contribution is 5.97. The number of carbonyl (C=O) groups is 1. The summed E-state index contributed by atoms with van der Waals surface area (Å²) in [6, 6.07) is 5.15. The van der Waals surface area contributed by atoms with Crippen LogP contribution in [0.15, 0.2) is 18.2 Å². The van der Waals surface area contributed by atoms with E-state index in [4.69, 9.17) is 10.5 Å². The summed E-state index contributed by atoms with van der Waals surface area (Å²) >= 11 is 0. The molecule has 1 aromatic carbocycles. The predicted octanol–water partition coefficient (Wildman–Crippen LogP) is 2.44. The number of nitrogen functional groups attached to an aromatic ring is 1. The number of anilines is 1. The standard InChI is InChI=1S/C16H22N2O2/c1-20-15-8-12(17)6-7-13(15)16(19)18-9-14(10-2-3-10)11-4-5-11/h6-8,10-11,14H,2-5,9,17H2,1H3,(H,18,19). The molecule has 2 saturated carbocycles. The van der Waals surface area contributed by atoms with Crippen molar-refractivity contribution in [2.75, 3.05) is 19.4 Å². The third-order valence-electron chi connectivity index (χ3n) is 4.42. The molecule has 0 aliphatic heterocycles. The number of rotatable bonds is 6. The number of nitrogens with one attached hydrogen (secondary N) is 1. The summed E-state index contributed by atoms with van der Waals surface area (Å²) in [6.45, 7) is 0.793. The molecule has 1 aromatic rings. The van der Waals surface area contributed by atoms with Crippen molar-refractivity contribution in [3.8, 4) is 5.75 Å². The highest BCUT2D eigenvalue weighted by Gasteiger charge is 2.41. The molecule has 0 bridgehead atoms. The number of methoxy groups -OCH3 is 1. The largest absolute Gasteiger partial charge is 0.496 e. The Kier molecular flexibility index (Phi) is 3.55. The molecule has 2 aliphatic carbocycles. The van der Waals surface area contributed by atoms with Crippen molar-refractivity contribution >= 4 is 11.6 Å². The fraction of sp³-hybridized carbons (Fsp3) is 0.562. The van der Waals surface area contributed by atoms with E-state index in [1.54, 1.807) is 25.3 Å². The second-order valence-electron chi connectivity index (χ2n) is 6.01. The summed E-state index contributed by atoms with van der Waals surface area (Å²) in [5.41, 5.74) is 6.88. The van der Waals surface area contributed by atoms with Gasteiger partial charge in [-0.15, -0.1) is 0 Å². The van der Waals surface area contributed by atoms with Crippen molar-refractivity contribution in [3.63, 3.8) is 0 Å². The summed E-state index contributed by atoms with van der Waals surface area (Å²) < 4.78 is 5.23. The number of ether oxygens (including phenoxy) is 1. The lowest BCUT2D eigenvalue weighted by Gasteiger charge is -2.17. The van der Waals surface area contributed by atoms with Crippen LogP contribution in [-0.4, -0.2) is 19.6 Å². The fourth-order valence-electron chi connectivity index (χ4n) is 2.97. The van der Waals surface area contributed by atoms with Gasteiger partial charge in [0.05, 0.1) is 12.7 Å². The maximum atomic E-state index is 12.3. The van der Waals surface area contributed by atoms with Gasteiger partial charge < -0.3 is 15.8 Å². The molecule has 0 saturated heterocycles. The Bertz CT molecular complexity index is 495. The number of benzene rings is 1. The molecule has 108 valence electrons. The minimum absolute atomic E-state index is 0.0619. The maximum absolute atomic E-state index is 12.3. The van der Waals surface area contributed by atoms with Crippen LogP contribution in [0.1, 0.15) is 36.0 Å². The van der Waals surface area contributed by atoms with Crippen LogP contribution in [0.25, 0.3) is 0 Å². The van der Waals surface area contributed by atoms with E-state index in [1.807, 2.05) is 0 Å². The normalized spacial score (nSPS) is 18.1. The van der Waals surface area contributed by atoms with Gasteiger partial charge in [-0.1, -0.05) is 0 Å². The molecule has 0 radical (unpaired) electrons. The van der Waals surface area contributed by atoms with Gasteiger partial charge >= 0.3 is 0 Å². The molecule has 0 aromatic heterocycles. The van der Waals surface area contributed by atoms with E-state index < -0.39 is 0 Å². The number of carbonyl (C=O) groups excluding carboxylic acids is 1. The number of hydrogen-bond acceptors (Lipinski definition) is 3. The SMILES string of the molecule is COc1cc(N)ccc1C(=O)NCC(C1CC1)C1CC1. The second kappa shape index (κ2) is 5.35. The minimum atomic E-state index is -0.0619. The Hall–Kier alpha value is -1.71. The van der Waals surface area contributed by atoms with E-state index in [-0.39, 0.29) is 5.91 Å². The summed E-state index contributed by atoms with van der Waals surface area (Å²) in [5.74, 6) is 2.84. The van der Waals surface area contributed by atoms with Gasteiger partial charge in [0, 0.05) is 18.3 Å². The number of hydrogen-bond donors (Lipinski definition) is 2. The summed E-state index contributed by atoms with van der Waals surface area (Å²) in [5, 5.41) is 3.08. The van der Waals surface area contributed by atoms with Crippen molar-refractivity contribution in [1.29, 1.82) is 0 Å². The lowest BCUT2D eigenvalue weighted by molar-refractivity contribution is 0.0940. The third kappa shape index (κ3) is 2.89. The topological polar surface area (TPSA) is 64.3 Å². The molecular formula is C16H22N2O2. The van der Waals surface area contributed by atoms with Crippen LogP contribution in [-0.2, 0) is 0 Å². The van der Waals surface area contributed by atoms with Crippen molar-refractivity contribution < 1.29 is 9.53 Å². The summed E-state index contributed by atoms with van der Waals surface area (Å²) in [6.07, 6.45) is 5.34. The van der Waals surface area contributed by atoms with Crippen LogP contribution in [0.2, 0.25) is 0 Å². The minimum Gasteiger partial charge on any atom is -0.496 e. The summed E-state index contributed by atoms with van der Waals surface area (Å²) in [4.78, 5) is 12.3. The Morgan fingerprint density at radius 2 is 2.00 bits per heavy atom. The molecule has 3 rings (SSSR count). The van der Waals surface area contributed by atoms with Crippen molar-refractivity contribution in [2.45, 2.75) is 25.7 Å². The van der Waals surface area contributed by atoms with Gasteiger partial charge in [-0.3, -0.25) is 4.79 Å². The van der Waals surface area contributed by atoms with Crippen molar-refractivity contribution in [2.24, 2.45) is 17.8 Å². The second-order valence-corrected chi connectivity index (χ2v) is 6.01. The van der Waals surface area contributed by atoms with Gasteiger partial charge in [-0.2, -0.15) is 0 Å². The molecule has 0 spiro atoms. The molecule has 0 atom stereocenters. The first-order valence-corrected chi connectivity index (χ1v) is 7.40. The van der Waals surface area contributed by atoms with E-state index in [9.17, 15) is 4.79 Å². The van der Waals surface area contributed by atoms with E-state index in [1.165, 1.54) is 25.7 Å². The molecule has 2 aliphatic rings. The van der Waals surface area contributed by atoms with Gasteiger partial charge in [-0.25, -0.2) is 0 Å². The van der Waals surface area contributed by atoms with Crippen LogP contribution >= 0.6 is 0 Å². The van der Waals surface area contributed by atoms with Crippen LogP contribution in [0.3, 0.4) is 0 Å². The molecular weight excluding hydrogens is 252 g/mol. The van der Waals surface area contributed by atoms with Gasteiger partial charge in [0.15, 0.2) is 0 Å². The molecule has 0 heterocycles. The number of amides is 1. The molecule has 4 nitrogen and oxygen atoms in total. The zero-order valence-electron chi connectivity index (χ0n) is 11.9. The average molecular weight is 274 g/mol. The van der Waals surface area contributed by atoms with E-state index in [0.29, 0.717) is 22.9 Å². The highest BCUT2D eigenvalue weighted by atomic mass is 16.5. The Morgan fingerprint density at radius 1 is 1.35 bits per heavy atom. The molecule has 3 N–H and O–H groups in total. The first-order chi connectivity index (χ1) is 9.69. The zero-order valence-corrected chi connectivity index (χ0v) is 11.9. The molecule has 1 amide bonds. The van der Waals surface area contributed by atoms with Crippen LogP contribution in [0.5, 0.6) is 5.75 Å². The van der Waals surface area contributed by atoms with Crippen molar-refractivity contribution in [1.82, 2.24) is 5.32 Å². The lowest BCUT2D eigenvalue weighted by atomic mass is 9.98. The van der Waals surface area contributed by atoms with Gasteiger partial charge in [0.25, 0.3) is 5.91 Å². The monoisotopic (exact) mass is 274 g/mol. The predicted molar refractivity (Wildman–Crippen MR) is 78.7 cm³/mol. The fourth-order valence-corrected chi connectivity index (χ4v) is 2.97. The van der Waals surface area contributed by atoms with Crippen molar-refractivity contribution in [3.05, 3.63) is 23.8 Å². The Morgan fingerprint density at radius 3 is 2.55 bits per heavy atom. The molecule has 0 unspecified atom stereocenters. The Labute approximate surface area is 119 Å². The molecule has 20 heavy (non-hydrogen) atoms. The first kappa shape index (κ1) is 13.3. The van der Waals surface area contributed by atoms with Crippen LogP contribution in [0, 0.1) is 17.8 Å². The Balaban J connectivity index is 1.63. The van der Waals surface area contributed by atoms with Gasteiger partial charge in [0.1, 0.15) is 5.75 Å². The van der Waals surface area contributed by atoms with E-state index in [2.05, 4.69) is 5.32 Å². The first-order valence-electron chi connectivity index (χ1n) is 7.40. The quantitative estimate of drug-likeness (QED) is 0.783. The smallest absolute Gasteiger partial charge is 0.255 e. The maximum Gasteiger partial charge on any atom is 0.255 e. The van der Waals surface area contributed by atoms with E-state index >= 15 is 0 Å². The molecule has 2 fully saturated rings. The van der Waals surface area contributed by atoms with Crippen LogP contribution in [0.4, 0.5) is 5.69 Å². The van der Waals surface area contributed by atoms with E-state index in [0.717, 1.165) is 18.4 Å². The third-order valence-corrected chi connectivity index (χ3v) is 4.42. The highest BCUT2D eigenvalue weighted by Crippen LogP contribution is 2.48. The average Bonchev–Trinajstić information content (AvgIpc) is 3.31. The summed E-state index contributed by atoms with van der Waals surface area (Å²) in [7, 11) is 1.56. The van der Waals surface area contributed by atoms with Gasteiger partial charge in [0.2, 0.25) is 0 Å². The number of nitrogens with two attached hydrogens (primary N) is 1. The zero-order chi connectivity index (χ0) is 14.1.